The molecule has 0 aliphatic heterocycles. The molecule has 0 spiro atoms. The second kappa shape index (κ2) is 8.22. The van der Waals surface area contributed by atoms with Crippen LogP contribution in [0.1, 0.15) is 49.4 Å². The van der Waals surface area contributed by atoms with Crippen molar-refractivity contribution >= 4 is 17.7 Å². The fraction of sp³-hybridized carbons (Fsp3) is 0.389. The van der Waals surface area contributed by atoms with Crippen molar-refractivity contribution in [3.63, 3.8) is 0 Å². The lowest BCUT2D eigenvalue weighted by molar-refractivity contribution is 0.0900. The second-order valence-electron chi connectivity index (χ2n) is 5.80. The van der Waals surface area contributed by atoms with Gasteiger partial charge < -0.3 is 14.8 Å². The third kappa shape index (κ3) is 5.15. The van der Waals surface area contributed by atoms with Gasteiger partial charge in [0.15, 0.2) is 0 Å². The fourth-order valence-electron chi connectivity index (χ4n) is 2.30. The molecule has 0 radical (unpaired) electrons. The van der Waals surface area contributed by atoms with Gasteiger partial charge in [-0.15, -0.1) is 11.8 Å². The minimum atomic E-state index is -0.722. The van der Waals surface area contributed by atoms with E-state index in [2.05, 4.69) is 19.2 Å². The van der Waals surface area contributed by atoms with Gasteiger partial charge >= 0.3 is 0 Å². The molecule has 4 nitrogen and oxygen atoms in total. The maximum Gasteiger partial charge on any atom is 0.252 e. The van der Waals surface area contributed by atoms with Crippen LogP contribution in [0.5, 0.6) is 0 Å². The lowest BCUT2D eigenvalue weighted by atomic mass is 10.1. The molecule has 2 aromatic rings. The van der Waals surface area contributed by atoms with Crippen molar-refractivity contribution in [2.24, 2.45) is 0 Å². The van der Waals surface area contributed by atoms with E-state index in [0.717, 1.165) is 4.90 Å². The Bertz CT molecular complexity index is 625. The molecule has 0 saturated carbocycles. The summed E-state index contributed by atoms with van der Waals surface area (Å²) in [5.74, 6) is 0.398. The predicted molar refractivity (Wildman–Crippen MR) is 92.6 cm³/mol. The Morgan fingerprint density at radius 1 is 1.22 bits per heavy atom. The Labute approximate surface area is 141 Å². The summed E-state index contributed by atoms with van der Waals surface area (Å²) in [6.45, 7) is 6.08. The van der Waals surface area contributed by atoms with E-state index in [4.69, 9.17) is 4.42 Å². The van der Waals surface area contributed by atoms with E-state index in [9.17, 15) is 9.90 Å². The van der Waals surface area contributed by atoms with Crippen molar-refractivity contribution in [3.05, 3.63) is 54.0 Å². The standard InChI is InChI=1S/C18H23NO3S/c1-12(2)23-17-9-5-4-7-14(17)18(21)19-13(3)11-15(20)16-8-6-10-22-16/h4-10,12-13,15,20H,11H2,1-3H3,(H,19,21). The molecule has 2 unspecified atom stereocenters. The van der Waals surface area contributed by atoms with Gasteiger partial charge in [-0.1, -0.05) is 26.0 Å². The zero-order valence-corrected chi connectivity index (χ0v) is 14.5. The van der Waals surface area contributed by atoms with Crippen molar-refractivity contribution < 1.29 is 14.3 Å². The largest absolute Gasteiger partial charge is 0.467 e. The highest BCUT2D eigenvalue weighted by molar-refractivity contribution is 8.00. The van der Waals surface area contributed by atoms with E-state index in [1.165, 1.54) is 6.26 Å². The fourth-order valence-corrected chi connectivity index (χ4v) is 3.26. The van der Waals surface area contributed by atoms with Crippen LogP contribution in [0.2, 0.25) is 0 Å². The van der Waals surface area contributed by atoms with E-state index in [-0.39, 0.29) is 11.9 Å². The van der Waals surface area contributed by atoms with Gasteiger partial charge in [-0.25, -0.2) is 0 Å². The predicted octanol–water partition coefficient (Wildman–Crippen LogP) is 4.02. The van der Waals surface area contributed by atoms with Gasteiger partial charge in [0, 0.05) is 22.6 Å². The first-order chi connectivity index (χ1) is 11.0. The number of thioether (sulfide) groups is 1. The van der Waals surface area contributed by atoms with E-state index in [1.54, 1.807) is 23.9 Å². The minimum Gasteiger partial charge on any atom is -0.467 e. The number of nitrogens with one attached hydrogen (secondary N) is 1. The van der Waals surface area contributed by atoms with Crippen LogP contribution >= 0.6 is 11.8 Å². The van der Waals surface area contributed by atoms with Gasteiger partial charge in [0.1, 0.15) is 11.9 Å². The summed E-state index contributed by atoms with van der Waals surface area (Å²) in [7, 11) is 0. The maximum absolute atomic E-state index is 12.5. The smallest absolute Gasteiger partial charge is 0.252 e. The second-order valence-corrected chi connectivity index (χ2v) is 7.42. The van der Waals surface area contributed by atoms with Gasteiger partial charge in [-0.05, 0) is 31.2 Å². The molecule has 0 aliphatic carbocycles. The highest BCUT2D eigenvalue weighted by Gasteiger charge is 2.18. The summed E-state index contributed by atoms with van der Waals surface area (Å²) in [6.07, 6.45) is 1.21. The lowest BCUT2D eigenvalue weighted by Crippen LogP contribution is -2.34. The Morgan fingerprint density at radius 2 is 1.96 bits per heavy atom. The first-order valence-electron chi connectivity index (χ1n) is 7.75. The minimum absolute atomic E-state index is 0.118. The molecule has 2 rings (SSSR count). The number of hydrogen-bond donors (Lipinski definition) is 2. The van der Waals surface area contributed by atoms with Crippen LogP contribution in [0.25, 0.3) is 0 Å². The van der Waals surface area contributed by atoms with Crippen LogP contribution in [-0.2, 0) is 0 Å². The average molecular weight is 333 g/mol. The summed E-state index contributed by atoms with van der Waals surface area (Å²) in [6, 6.07) is 10.9. The molecule has 0 bridgehead atoms. The van der Waals surface area contributed by atoms with Gasteiger partial charge in [0.2, 0.25) is 0 Å². The highest BCUT2D eigenvalue weighted by Crippen LogP contribution is 2.26. The van der Waals surface area contributed by atoms with E-state index >= 15 is 0 Å². The molecular formula is C18H23NO3S. The third-order valence-electron chi connectivity index (χ3n) is 3.32. The molecule has 1 amide bonds. The number of rotatable bonds is 7. The summed E-state index contributed by atoms with van der Waals surface area (Å²) in [5.41, 5.74) is 0.672. The zero-order valence-electron chi connectivity index (χ0n) is 13.7. The van der Waals surface area contributed by atoms with Gasteiger partial charge in [-0.2, -0.15) is 0 Å². The Morgan fingerprint density at radius 3 is 2.61 bits per heavy atom. The van der Waals surface area contributed by atoms with E-state index in [0.29, 0.717) is 23.0 Å². The van der Waals surface area contributed by atoms with Crippen LogP contribution in [0.15, 0.2) is 52.0 Å². The number of hydrogen-bond acceptors (Lipinski definition) is 4. The molecule has 124 valence electrons. The molecule has 23 heavy (non-hydrogen) atoms. The molecular weight excluding hydrogens is 310 g/mol. The molecule has 0 aliphatic rings. The molecule has 1 aromatic heterocycles. The van der Waals surface area contributed by atoms with Gasteiger partial charge in [0.25, 0.3) is 5.91 Å². The summed E-state index contributed by atoms with van der Waals surface area (Å²) >= 11 is 1.67. The van der Waals surface area contributed by atoms with Crippen LogP contribution in [-0.4, -0.2) is 22.3 Å². The molecule has 5 heteroatoms. The topological polar surface area (TPSA) is 62.5 Å². The highest BCUT2D eigenvalue weighted by atomic mass is 32.2. The van der Waals surface area contributed by atoms with Crippen molar-refractivity contribution in [2.45, 2.75) is 49.5 Å². The SMILES string of the molecule is CC(CC(O)c1ccco1)NC(=O)c1ccccc1SC(C)C. The molecule has 2 N–H and O–H groups in total. The first kappa shape index (κ1) is 17.6. The van der Waals surface area contributed by atoms with Crippen molar-refractivity contribution in [3.8, 4) is 0 Å². The van der Waals surface area contributed by atoms with Crippen LogP contribution in [0.4, 0.5) is 0 Å². The van der Waals surface area contributed by atoms with E-state index < -0.39 is 6.10 Å². The number of aliphatic hydroxyl groups is 1. The molecule has 0 fully saturated rings. The van der Waals surface area contributed by atoms with Gasteiger partial charge in [0.05, 0.1) is 11.8 Å². The summed E-state index contributed by atoms with van der Waals surface area (Å²) in [5, 5.41) is 13.4. The van der Waals surface area contributed by atoms with Crippen LogP contribution in [0, 0.1) is 0 Å². The number of aliphatic hydroxyl groups excluding tert-OH is 1. The number of benzene rings is 1. The quantitative estimate of drug-likeness (QED) is 0.751. The number of carbonyl (C=O) groups excluding carboxylic acids is 1. The van der Waals surface area contributed by atoms with Crippen LogP contribution < -0.4 is 5.32 Å². The summed E-state index contributed by atoms with van der Waals surface area (Å²) < 4.78 is 5.18. The van der Waals surface area contributed by atoms with Crippen LogP contribution in [0.3, 0.4) is 0 Å². The maximum atomic E-state index is 12.5. The molecule has 1 heterocycles. The van der Waals surface area contributed by atoms with Crippen molar-refractivity contribution in [2.75, 3.05) is 0 Å². The average Bonchev–Trinajstić information content (AvgIpc) is 3.01. The van der Waals surface area contributed by atoms with Gasteiger partial charge in [-0.3, -0.25) is 4.79 Å². The first-order valence-corrected chi connectivity index (χ1v) is 8.63. The Balaban J connectivity index is 1.98. The van der Waals surface area contributed by atoms with Crippen molar-refractivity contribution in [1.29, 1.82) is 0 Å². The Kier molecular flexibility index (Phi) is 6.30. The van der Waals surface area contributed by atoms with Crippen molar-refractivity contribution in [1.82, 2.24) is 5.32 Å². The lowest BCUT2D eigenvalue weighted by Gasteiger charge is -2.18. The number of carbonyl (C=O) groups is 1. The summed E-state index contributed by atoms with van der Waals surface area (Å²) in [4.78, 5) is 13.5. The van der Waals surface area contributed by atoms with E-state index in [1.807, 2.05) is 31.2 Å². The zero-order chi connectivity index (χ0) is 16.8. The molecule has 0 saturated heterocycles. The molecule has 1 aromatic carbocycles. The number of furan rings is 1. The number of amides is 1. The monoisotopic (exact) mass is 333 g/mol. The molecule has 2 atom stereocenters. The normalized spacial score (nSPS) is 13.8. The third-order valence-corrected chi connectivity index (χ3v) is 4.40. The Hall–Kier alpha value is -1.72.